The van der Waals surface area contributed by atoms with Crippen LogP contribution in [0.25, 0.3) is 11.3 Å². The Balaban J connectivity index is 2.60. The minimum absolute atomic E-state index is 0.854. The van der Waals surface area contributed by atoms with Crippen LogP contribution in [0.2, 0.25) is 0 Å². The molecule has 0 fully saturated rings. The summed E-state index contributed by atoms with van der Waals surface area (Å²) in [6.45, 7) is 2.06. The summed E-state index contributed by atoms with van der Waals surface area (Å²) < 4.78 is 6.36. The summed E-state index contributed by atoms with van der Waals surface area (Å²) in [5.74, 6) is 0.854. The number of rotatable bonds is 2. The Labute approximate surface area is 101 Å². The van der Waals surface area contributed by atoms with Gasteiger partial charge >= 0.3 is 0 Å². The summed E-state index contributed by atoms with van der Waals surface area (Å²) >= 11 is 5.07. The van der Waals surface area contributed by atoms with E-state index in [4.69, 9.17) is 4.74 Å². The molecular formula is C11H10BrNOS. The molecule has 0 aliphatic heterocycles. The number of ether oxygens (including phenoxy) is 1. The molecule has 0 aliphatic rings. The fourth-order valence-corrected chi connectivity index (χ4v) is 2.51. The second kappa shape index (κ2) is 4.33. The van der Waals surface area contributed by atoms with Gasteiger partial charge in [0.05, 0.1) is 22.1 Å². The number of benzene rings is 1. The zero-order valence-corrected chi connectivity index (χ0v) is 10.9. The molecule has 0 atom stereocenters. The largest absolute Gasteiger partial charge is 0.496 e. The molecule has 1 heterocycles. The van der Waals surface area contributed by atoms with Crippen LogP contribution in [0.4, 0.5) is 0 Å². The second-order valence-corrected chi connectivity index (χ2v) is 5.35. The van der Waals surface area contributed by atoms with Crippen molar-refractivity contribution in [3.63, 3.8) is 0 Å². The summed E-state index contributed by atoms with van der Waals surface area (Å²) in [6.07, 6.45) is 0. The fraction of sp³-hybridized carbons (Fsp3) is 0.182. The third-order valence-corrected chi connectivity index (χ3v) is 3.68. The number of thiazole rings is 1. The van der Waals surface area contributed by atoms with Gasteiger partial charge in [0, 0.05) is 5.56 Å². The van der Waals surface area contributed by atoms with Crippen molar-refractivity contribution in [2.24, 2.45) is 0 Å². The Morgan fingerprint density at radius 3 is 2.80 bits per heavy atom. The molecule has 4 heteroatoms. The van der Waals surface area contributed by atoms with E-state index in [2.05, 4.69) is 33.9 Å². The molecule has 0 saturated carbocycles. The summed E-state index contributed by atoms with van der Waals surface area (Å²) in [4.78, 5) is 4.33. The summed E-state index contributed by atoms with van der Waals surface area (Å²) in [5.41, 5.74) is 5.00. The van der Waals surface area contributed by atoms with Gasteiger partial charge in [0.2, 0.25) is 0 Å². The Kier molecular flexibility index (Phi) is 3.07. The predicted octanol–water partition coefficient (Wildman–Crippen LogP) is 3.89. The molecule has 0 bridgehead atoms. The highest BCUT2D eigenvalue weighted by molar-refractivity contribution is 9.11. The molecule has 78 valence electrons. The molecule has 1 aromatic heterocycles. The van der Waals surface area contributed by atoms with Crippen LogP contribution in [-0.4, -0.2) is 12.1 Å². The van der Waals surface area contributed by atoms with Crippen LogP contribution in [0.1, 0.15) is 5.56 Å². The molecule has 15 heavy (non-hydrogen) atoms. The van der Waals surface area contributed by atoms with Crippen LogP contribution < -0.4 is 4.74 Å². The van der Waals surface area contributed by atoms with Gasteiger partial charge < -0.3 is 4.74 Å². The lowest BCUT2D eigenvalue weighted by atomic mass is 10.1. The predicted molar refractivity (Wildman–Crippen MR) is 66.5 cm³/mol. The smallest absolute Gasteiger partial charge is 0.128 e. The first-order chi connectivity index (χ1) is 7.22. The standard InChI is InChI=1S/C11H10BrNOS/c1-7-3-4-9(14-2)8(5-7)10-11(12)15-6-13-10/h3-6H,1-2H3. The zero-order valence-electron chi connectivity index (χ0n) is 8.45. The van der Waals surface area contributed by atoms with Crippen molar-refractivity contribution >= 4 is 27.3 Å². The lowest BCUT2D eigenvalue weighted by Crippen LogP contribution is -1.89. The molecule has 0 radical (unpaired) electrons. The van der Waals surface area contributed by atoms with Crippen LogP contribution in [0, 0.1) is 6.92 Å². The Hall–Kier alpha value is -0.870. The third-order valence-electron chi connectivity index (χ3n) is 2.13. The Morgan fingerprint density at radius 1 is 1.40 bits per heavy atom. The Bertz CT molecular complexity index is 481. The van der Waals surface area contributed by atoms with Gasteiger partial charge in [-0.25, -0.2) is 4.98 Å². The number of hydrogen-bond acceptors (Lipinski definition) is 3. The zero-order chi connectivity index (χ0) is 10.8. The average molecular weight is 284 g/mol. The molecule has 2 aromatic rings. The molecule has 1 aromatic carbocycles. The third kappa shape index (κ3) is 2.06. The summed E-state index contributed by atoms with van der Waals surface area (Å²) in [7, 11) is 1.68. The van der Waals surface area contributed by atoms with Crippen molar-refractivity contribution in [3.05, 3.63) is 33.1 Å². The highest BCUT2D eigenvalue weighted by Gasteiger charge is 2.11. The number of methoxy groups -OCH3 is 1. The summed E-state index contributed by atoms with van der Waals surface area (Å²) in [5, 5.41) is 0. The SMILES string of the molecule is COc1ccc(C)cc1-c1ncsc1Br. The number of nitrogens with zero attached hydrogens (tertiary/aromatic N) is 1. The lowest BCUT2D eigenvalue weighted by molar-refractivity contribution is 0.416. The van der Waals surface area contributed by atoms with Crippen molar-refractivity contribution in [3.8, 4) is 17.0 Å². The number of hydrogen-bond donors (Lipinski definition) is 0. The molecule has 0 spiro atoms. The quantitative estimate of drug-likeness (QED) is 0.834. The van der Waals surface area contributed by atoms with E-state index in [0.29, 0.717) is 0 Å². The number of halogens is 1. The molecule has 2 rings (SSSR count). The van der Waals surface area contributed by atoms with Crippen molar-refractivity contribution < 1.29 is 4.74 Å². The van der Waals surface area contributed by atoms with E-state index in [9.17, 15) is 0 Å². The maximum Gasteiger partial charge on any atom is 0.128 e. The fourth-order valence-electron chi connectivity index (χ4n) is 1.41. The van der Waals surface area contributed by atoms with Crippen LogP contribution in [0.5, 0.6) is 5.75 Å². The maximum atomic E-state index is 5.32. The van der Waals surface area contributed by atoms with Gasteiger partial charge in [-0.1, -0.05) is 11.6 Å². The van der Waals surface area contributed by atoms with Gasteiger partial charge in [0.15, 0.2) is 0 Å². The first-order valence-corrected chi connectivity index (χ1v) is 6.13. The van der Waals surface area contributed by atoms with Crippen molar-refractivity contribution in [1.82, 2.24) is 4.98 Å². The minimum Gasteiger partial charge on any atom is -0.496 e. The molecule has 0 amide bonds. The van der Waals surface area contributed by atoms with Crippen LogP contribution in [0.3, 0.4) is 0 Å². The lowest BCUT2D eigenvalue weighted by Gasteiger charge is -2.07. The van der Waals surface area contributed by atoms with E-state index < -0.39 is 0 Å². The van der Waals surface area contributed by atoms with Gasteiger partial charge in [-0.2, -0.15) is 0 Å². The van der Waals surface area contributed by atoms with Crippen molar-refractivity contribution in [1.29, 1.82) is 0 Å². The minimum atomic E-state index is 0.854. The van der Waals surface area contributed by atoms with E-state index in [0.717, 1.165) is 20.8 Å². The molecular weight excluding hydrogens is 274 g/mol. The van der Waals surface area contributed by atoms with Crippen LogP contribution in [0.15, 0.2) is 27.5 Å². The Morgan fingerprint density at radius 2 is 2.20 bits per heavy atom. The number of aryl methyl sites for hydroxylation is 1. The second-order valence-electron chi connectivity index (χ2n) is 3.18. The van der Waals surface area contributed by atoms with Crippen LogP contribution >= 0.6 is 27.3 Å². The van der Waals surface area contributed by atoms with E-state index in [1.54, 1.807) is 18.4 Å². The molecule has 0 unspecified atom stereocenters. The monoisotopic (exact) mass is 283 g/mol. The first-order valence-electron chi connectivity index (χ1n) is 4.46. The maximum absolute atomic E-state index is 5.32. The number of aromatic nitrogens is 1. The molecule has 0 saturated heterocycles. The summed E-state index contributed by atoms with van der Waals surface area (Å²) in [6, 6.07) is 6.08. The molecule has 0 N–H and O–H groups in total. The molecule has 2 nitrogen and oxygen atoms in total. The van der Waals surface area contributed by atoms with Gasteiger partial charge in [0.1, 0.15) is 5.75 Å². The molecule has 0 aliphatic carbocycles. The van der Waals surface area contributed by atoms with E-state index in [-0.39, 0.29) is 0 Å². The van der Waals surface area contributed by atoms with E-state index in [1.807, 2.05) is 17.6 Å². The van der Waals surface area contributed by atoms with Crippen molar-refractivity contribution in [2.75, 3.05) is 7.11 Å². The van der Waals surface area contributed by atoms with E-state index in [1.165, 1.54) is 5.56 Å². The average Bonchev–Trinajstić information content (AvgIpc) is 2.64. The van der Waals surface area contributed by atoms with Crippen LogP contribution in [-0.2, 0) is 0 Å². The first kappa shape index (κ1) is 10.6. The van der Waals surface area contributed by atoms with Gasteiger partial charge in [-0.05, 0) is 35.0 Å². The van der Waals surface area contributed by atoms with Gasteiger partial charge in [0.25, 0.3) is 0 Å². The highest BCUT2D eigenvalue weighted by Crippen LogP contribution is 2.36. The highest BCUT2D eigenvalue weighted by atomic mass is 79.9. The van der Waals surface area contributed by atoms with Crippen molar-refractivity contribution in [2.45, 2.75) is 6.92 Å². The topological polar surface area (TPSA) is 22.1 Å². The van der Waals surface area contributed by atoms with Gasteiger partial charge in [-0.15, -0.1) is 11.3 Å². The van der Waals surface area contributed by atoms with Gasteiger partial charge in [-0.3, -0.25) is 0 Å². The normalized spacial score (nSPS) is 10.3. The van der Waals surface area contributed by atoms with E-state index >= 15 is 0 Å².